The molecule has 11 heteroatoms. The first-order valence-electron chi connectivity index (χ1n) is 10.5. The molecule has 2 amide bonds. The summed E-state index contributed by atoms with van der Waals surface area (Å²) in [6.07, 6.45) is 1.56. The van der Waals surface area contributed by atoms with Crippen molar-refractivity contribution in [1.82, 2.24) is 24.3 Å². The Hall–Kier alpha value is -4.64. The number of carbonyl (C=O) groups excluding carboxylic acids is 2. The van der Waals surface area contributed by atoms with Gasteiger partial charge in [-0.1, -0.05) is 6.07 Å². The van der Waals surface area contributed by atoms with E-state index in [4.69, 9.17) is 5.73 Å². The molecule has 2 aromatic carbocycles. The van der Waals surface area contributed by atoms with Crippen LogP contribution in [0.4, 0.5) is 5.69 Å². The molecule has 0 radical (unpaired) electrons. The molecule has 0 aliphatic rings. The zero-order valence-electron chi connectivity index (χ0n) is 18.7. The predicted molar refractivity (Wildman–Crippen MR) is 133 cm³/mol. The maximum Gasteiger partial charge on any atom is 0.350 e. The van der Waals surface area contributed by atoms with Gasteiger partial charge in [0.2, 0.25) is 5.91 Å². The van der Waals surface area contributed by atoms with Crippen LogP contribution in [0.25, 0.3) is 26.5 Å². The third-order valence-corrected chi connectivity index (χ3v) is 6.46. The monoisotopic (exact) mass is 485 g/mol. The van der Waals surface area contributed by atoms with Crippen LogP contribution in [0.1, 0.15) is 26.7 Å². The van der Waals surface area contributed by atoms with Crippen LogP contribution in [0.2, 0.25) is 0 Å². The fourth-order valence-electron chi connectivity index (χ4n) is 3.72. The van der Waals surface area contributed by atoms with Gasteiger partial charge in [-0.3, -0.25) is 9.59 Å². The number of primary amides is 1. The van der Waals surface area contributed by atoms with Crippen molar-refractivity contribution in [1.29, 1.82) is 0 Å². The van der Waals surface area contributed by atoms with Crippen LogP contribution in [-0.2, 0) is 7.05 Å². The molecule has 0 aliphatic heterocycles. The Morgan fingerprint density at radius 1 is 1.09 bits per heavy atom. The minimum absolute atomic E-state index is 0.170. The summed E-state index contributed by atoms with van der Waals surface area (Å²) < 4.78 is 3.62. The number of nitrogens with one attached hydrogen (secondary N) is 1. The molecule has 0 atom stereocenters. The molecule has 5 rings (SSSR count). The number of hydrogen-bond acceptors (Lipinski definition) is 7. The number of anilines is 1. The van der Waals surface area contributed by atoms with E-state index in [1.54, 1.807) is 44.4 Å². The lowest BCUT2D eigenvalue weighted by Gasteiger charge is -2.06. The number of nitrogens with two attached hydrogens (primary N) is 1. The van der Waals surface area contributed by atoms with Crippen LogP contribution in [0.3, 0.4) is 0 Å². The topological polar surface area (TPSA) is 138 Å². The lowest BCUT2D eigenvalue weighted by atomic mass is 10.2. The predicted octanol–water partition coefficient (Wildman–Crippen LogP) is 2.90. The Labute approximate surface area is 202 Å². The Bertz CT molecular complexity index is 1670. The molecule has 10 nitrogen and oxygen atoms in total. The second-order valence-corrected chi connectivity index (χ2v) is 8.79. The Kier molecular flexibility index (Phi) is 5.46. The van der Waals surface area contributed by atoms with E-state index in [9.17, 15) is 14.4 Å². The van der Waals surface area contributed by atoms with Crippen molar-refractivity contribution < 1.29 is 9.59 Å². The lowest BCUT2D eigenvalue weighted by Crippen LogP contribution is -2.21. The summed E-state index contributed by atoms with van der Waals surface area (Å²) in [5.41, 5.74) is 7.99. The van der Waals surface area contributed by atoms with Crippen molar-refractivity contribution >= 4 is 39.1 Å². The summed E-state index contributed by atoms with van der Waals surface area (Å²) in [5, 5.41) is 7.61. The van der Waals surface area contributed by atoms with Crippen molar-refractivity contribution in [2.24, 2.45) is 12.8 Å². The molecule has 0 bridgehead atoms. The van der Waals surface area contributed by atoms with Crippen molar-refractivity contribution in [3.63, 3.8) is 0 Å². The molecule has 0 fully saturated rings. The Balaban J connectivity index is 1.46. The Morgan fingerprint density at radius 3 is 2.54 bits per heavy atom. The smallest absolute Gasteiger partial charge is 0.350 e. The van der Waals surface area contributed by atoms with Gasteiger partial charge >= 0.3 is 5.69 Å². The standard InChI is InChI=1S/C24H19N7O3S/c1-13-29-30(2)24(34)31(13)17-8-6-14(7-9-17)23-28-19-18(35-23)10-11-26-20(19)22(33)27-16-5-3-4-15(12-16)21(25)32/h3-12H,1-2H3,(H2,25,32)(H,27,33). The molecule has 3 aromatic heterocycles. The summed E-state index contributed by atoms with van der Waals surface area (Å²) in [5.74, 6) is -0.441. The van der Waals surface area contributed by atoms with Gasteiger partial charge in [-0.2, -0.15) is 5.10 Å². The van der Waals surface area contributed by atoms with E-state index in [1.807, 2.05) is 24.3 Å². The minimum Gasteiger partial charge on any atom is -0.366 e. The van der Waals surface area contributed by atoms with Gasteiger partial charge in [-0.15, -0.1) is 11.3 Å². The van der Waals surface area contributed by atoms with E-state index in [2.05, 4.69) is 20.4 Å². The third-order valence-electron chi connectivity index (χ3n) is 5.39. The number of thiazole rings is 1. The lowest BCUT2D eigenvalue weighted by molar-refractivity contribution is 0.0995. The maximum atomic E-state index is 13.0. The number of carbonyl (C=O) groups is 2. The van der Waals surface area contributed by atoms with Gasteiger partial charge in [0.1, 0.15) is 16.3 Å². The molecule has 3 heterocycles. The first-order valence-corrected chi connectivity index (χ1v) is 11.3. The number of hydrogen-bond donors (Lipinski definition) is 2. The summed E-state index contributed by atoms with van der Waals surface area (Å²) in [4.78, 5) is 45.6. The van der Waals surface area contributed by atoms with Crippen molar-refractivity contribution in [2.75, 3.05) is 5.32 Å². The fourth-order valence-corrected chi connectivity index (χ4v) is 4.69. The molecule has 5 aromatic rings. The highest BCUT2D eigenvalue weighted by Crippen LogP contribution is 2.32. The zero-order chi connectivity index (χ0) is 24.7. The number of benzene rings is 2. The molecule has 0 unspecified atom stereocenters. The summed E-state index contributed by atoms with van der Waals surface area (Å²) >= 11 is 1.43. The second kappa shape index (κ2) is 8.61. The maximum absolute atomic E-state index is 13.0. The van der Waals surface area contributed by atoms with Gasteiger partial charge < -0.3 is 11.1 Å². The third kappa shape index (κ3) is 4.08. The summed E-state index contributed by atoms with van der Waals surface area (Å²) in [7, 11) is 1.61. The van der Waals surface area contributed by atoms with Crippen molar-refractivity contribution in [2.45, 2.75) is 6.92 Å². The van der Waals surface area contributed by atoms with Crippen LogP contribution in [0.15, 0.2) is 65.6 Å². The van der Waals surface area contributed by atoms with E-state index in [0.29, 0.717) is 27.7 Å². The first kappa shape index (κ1) is 22.2. The number of pyridine rings is 1. The molecular formula is C24H19N7O3S. The molecule has 0 aliphatic carbocycles. The number of amides is 2. The number of nitrogens with zero attached hydrogens (tertiary/aromatic N) is 5. The zero-order valence-corrected chi connectivity index (χ0v) is 19.5. The van der Waals surface area contributed by atoms with Crippen molar-refractivity contribution in [3.8, 4) is 16.3 Å². The van der Waals surface area contributed by atoms with E-state index in [-0.39, 0.29) is 16.9 Å². The molecular weight excluding hydrogens is 466 g/mol. The van der Waals surface area contributed by atoms with Gasteiger partial charge in [-0.05, 0) is 55.5 Å². The first-order chi connectivity index (χ1) is 16.8. The van der Waals surface area contributed by atoms with Crippen LogP contribution < -0.4 is 16.7 Å². The highest BCUT2D eigenvalue weighted by atomic mass is 32.1. The van der Waals surface area contributed by atoms with Gasteiger partial charge in [0, 0.05) is 30.1 Å². The number of rotatable bonds is 5. The summed E-state index contributed by atoms with van der Waals surface area (Å²) in [6.45, 7) is 1.77. The molecule has 0 spiro atoms. The van der Waals surface area contributed by atoms with Crippen LogP contribution in [0, 0.1) is 6.92 Å². The number of aryl methyl sites for hydroxylation is 2. The van der Waals surface area contributed by atoms with Crippen LogP contribution in [-0.4, -0.2) is 36.1 Å². The van der Waals surface area contributed by atoms with E-state index < -0.39 is 11.8 Å². The van der Waals surface area contributed by atoms with Crippen LogP contribution in [0.5, 0.6) is 0 Å². The minimum atomic E-state index is -0.583. The highest BCUT2D eigenvalue weighted by Gasteiger charge is 2.18. The number of aromatic nitrogens is 5. The molecule has 3 N–H and O–H groups in total. The molecule has 0 saturated carbocycles. The average Bonchev–Trinajstić information content (AvgIpc) is 3.39. The largest absolute Gasteiger partial charge is 0.366 e. The van der Waals surface area contributed by atoms with Crippen molar-refractivity contribution in [3.05, 3.63) is 88.4 Å². The quantitative estimate of drug-likeness (QED) is 0.393. The number of fused-ring (bicyclic) bond motifs is 1. The van der Waals surface area contributed by atoms with Gasteiger partial charge in [0.15, 0.2) is 5.69 Å². The average molecular weight is 486 g/mol. The SMILES string of the molecule is Cc1nn(C)c(=O)n1-c1ccc(-c2nc3c(C(=O)Nc4cccc(C(N)=O)c4)nccc3s2)cc1. The van der Waals surface area contributed by atoms with E-state index in [1.165, 1.54) is 26.7 Å². The van der Waals surface area contributed by atoms with E-state index >= 15 is 0 Å². The van der Waals surface area contributed by atoms with Gasteiger partial charge in [-0.25, -0.2) is 24.0 Å². The van der Waals surface area contributed by atoms with Crippen LogP contribution >= 0.6 is 11.3 Å². The van der Waals surface area contributed by atoms with Gasteiger partial charge in [0.25, 0.3) is 5.91 Å². The summed E-state index contributed by atoms with van der Waals surface area (Å²) in [6, 6.07) is 15.6. The second-order valence-electron chi connectivity index (χ2n) is 7.76. The van der Waals surface area contributed by atoms with E-state index in [0.717, 1.165) is 10.3 Å². The Morgan fingerprint density at radius 2 is 1.86 bits per heavy atom. The molecule has 0 saturated heterocycles. The normalized spacial score (nSPS) is 11.0. The molecule has 35 heavy (non-hydrogen) atoms. The molecule has 174 valence electrons. The fraction of sp³-hybridized carbons (Fsp3) is 0.0833. The van der Waals surface area contributed by atoms with Gasteiger partial charge in [0.05, 0.1) is 10.4 Å². The highest BCUT2D eigenvalue weighted by molar-refractivity contribution is 7.21.